The first-order valence-electron chi connectivity index (χ1n) is 11.2. The number of fused-ring (bicyclic) bond motifs is 2. The normalized spacial score (nSPS) is 16.2. The first-order valence-corrected chi connectivity index (χ1v) is 11.2. The topological polar surface area (TPSA) is 119 Å². The van der Waals surface area contributed by atoms with E-state index in [1.807, 2.05) is 47.2 Å². The molecule has 0 saturated carbocycles. The van der Waals surface area contributed by atoms with Gasteiger partial charge in [-0.2, -0.15) is 0 Å². The van der Waals surface area contributed by atoms with Gasteiger partial charge in [-0.25, -0.2) is 9.97 Å². The standard InChI is InChI=1S/2C12H13N3O2/c2*1-8-7-15-10(12(16)14-8)6-13-11(15)9-2-4-17-5-3-9/h2*2,6-7H,3-5H2,1H3,(H,14,16). The molecule has 0 atom stereocenters. The van der Waals surface area contributed by atoms with E-state index in [4.69, 9.17) is 9.47 Å². The third-order valence-corrected chi connectivity index (χ3v) is 5.83. The van der Waals surface area contributed by atoms with Gasteiger partial charge in [0.1, 0.15) is 22.7 Å². The average Bonchev–Trinajstić information content (AvgIpc) is 3.45. The van der Waals surface area contributed by atoms with E-state index in [1.54, 1.807) is 12.4 Å². The molecule has 176 valence electrons. The predicted octanol–water partition coefficient (Wildman–Crippen LogP) is 2.27. The largest absolute Gasteiger partial charge is 0.377 e. The number of aryl methyl sites for hydroxylation is 2. The van der Waals surface area contributed by atoms with Gasteiger partial charge in [0.05, 0.1) is 38.8 Å². The zero-order chi connectivity index (χ0) is 23.7. The molecule has 6 rings (SSSR count). The number of imidazole rings is 2. The zero-order valence-electron chi connectivity index (χ0n) is 19.1. The maximum absolute atomic E-state index is 11.7. The number of nitrogens with zero attached hydrogens (tertiary/aromatic N) is 4. The fourth-order valence-corrected chi connectivity index (χ4v) is 4.19. The number of aromatic amines is 2. The maximum Gasteiger partial charge on any atom is 0.274 e. The minimum atomic E-state index is -0.101. The van der Waals surface area contributed by atoms with Gasteiger partial charge in [0, 0.05) is 23.8 Å². The van der Waals surface area contributed by atoms with Crippen LogP contribution < -0.4 is 11.1 Å². The lowest BCUT2D eigenvalue weighted by atomic mass is 10.1. The molecule has 10 heteroatoms. The van der Waals surface area contributed by atoms with E-state index < -0.39 is 0 Å². The third kappa shape index (κ3) is 4.25. The van der Waals surface area contributed by atoms with Gasteiger partial charge in [-0.3, -0.25) is 18.4 Å². The molecule has 0 bridgehead atoms. The number of hydrogen-bond acceptors (Lipinski definition) is 6. The van der Waals surface area contributed by atoms with Crippen molar-refractivity contribution in [2.45, 2.75) is 26.7 Å². The van der Waals surface area contributed by atoms with Crippen molar-refractivity contribution in [3.05, 3.63) is 80.7 Å². The van der Waals surface area contributed by atoms with E-state index in [9.17, 15) is 9.59 Å². The molecule has 0 amide bonds. The highest BCUT2D eigenvalue weighted by molar-refractivity contribution is 5.65. The lowest BCUT2D eigenvalue weighted by molar-refractivity contribution is 0.161. The molecule has 0 saturated heterocycles. The molecule has 0 radical (unpaired) electrons. The van der Waals surface area contributed by atoms with E-state index >= 15 is 0 Å². The van der Waals surface area contributed by atoms with Crippen LogP contribution in [-0.4, -0.2) is 55.2 Å². The molecule has 2 N–H and O–H groups in total. The molecule has 4 aromatic heterocycles. The molecule has 0 fully saturated rings. The Morgan fingerprint density at radius 3 is 1.59 bits per heavy atom. The molecule has 34 heavy (non-hydrogen) atoms. The third-order valence-electron chi connectivity index (χ3n) is 5.83. The van der Waals surface area contributed by atoms with Gasteiger partial charge in [-0.05, 0) is 37.8 Å². The summed E-state index contributed by atoms with van der Waals surface area (Å²) < 4.78 is 14.3. The van der Waals surface area contributed by atoms with Crippen molar-refractivity contribution in [2.75, 3.05) is 26.4 Å². The summed E-state index contributed by atoms with van der Waals surface area (Å²) in [5.74, 6) is 1.69. The van der Waals surface area contributed by atoms with Gasteiger partial charge in [0.25, 0.3) is 11.1 Å². The Bertz CT molecular complexity index is 1420. The molecule has 0 spiro atoms. The van der Waals surface area contributed by atoms with Crippen LogP contribution in [0, 0.1) is 13.8 Å². The molecule has 6 heterocycles. The molecule has 0 aromatic carbocycles. The monoisotopic (exact) mass is 462 g/mol. The van der Waals surface area contributed by atoms with Gasteiger partial charge in [-0.15, -0.1) is 0 Å². The Labute approximate surface area is 194 Å². The number of H-pyrrole nitrogens is 2. The second-order valence-corrected chi connectivity index (χ2v) is 8.32. The molecule has 0 unspecified atom stereocenters. The lowest BCUT2D eigenvalue weighted by Crippen LogP contribution is -2.12. The summed E-state index contributed by atoms with van der Waals surface area (Å²) in [6, 6.07) is 0. The van der Waals surface area contributed by atoms with Crippen LogP contribution in [0.1, 0.15) is 35.9 Å². The highest BCUT2D eigenvalue weighted by atomic mass is 16.5. The van der Waals surface area contributed by atoms with Crippen LogP contribution in [-0.2, 0) is 9.47 Å². The summed E-state index contributed by atoms with van der Waals surface area (Å²) >= 11 is 0. The van der Waals surface area contributed by atoms with Crippen molar-refractivity contribution in [1.82, 2.24) is 28.7 Å². The number of rotatable bonds is 2. The van der Waals surface area contributed by atoms with Crippen LogP contribution in [0.3, 0.4) is 0 Å². The van der Waals surface area contributed by atoms with Gasteiger partial charge in [0.15, 0.2) is 0 Å². The highest BCUT2D eigenvalue weighted by Gasteiger charge is 2.14. The number of nitrogens with one attached hydrogen (secondary N) is 2. The quantitative estimate of drug-likeness (QED) is 0.472. The minimum Gasteiger partial charge on any atom is -0.377 e. The Morgan fingerprint density at radius 2 is 1.21 bits per heavy atom. The van der Waals surface area contributed by atoms with E-state index in [-0.39, 0.29) is 11.1 Å². The summed E-state index contributed by atoms with van der Waals surface area (Å²) in [7, 11) is 0. The summed E-state index contributed by atoms with van der Waals surface area (Å²) in [4.78, 5) is 37.7. The van der Waals surface area contributed by atoms with Crippen molar-refractivity contribution in [2.24, 2.45) is 0 Å². The molecular formula is C24H26N6O4. The molecule has 2 aliphatic rings. The Balaban J connectivity index is 0.000000142. The van der Waals surface area contributed by atoms with Gasteiger partial charge >= 0.3 is 0 Å². The van der Waals surface area contributed by atoms with Crippen molar-refractivity contribution in [1.29, 1.82) is 0 Å². The number of hydrogen-bond donors (Lipinski definition) is 2. The first-order chi connectivity index (χ1) is 16.5. The Morgan fingerprint density at radius 1 is 0.765 bits per heavy atom. The Hall–Kier alpha value is -3.76. The fourth-order valence-electron chi connectivity index (χ4n) is 4.19. The van der Waals surface area contributed by atoms with Crippen LogP contribution in [0.2, 0.25) is 0 Å². The van der Waals surface area contributed by atoms with E-state index in [2.05, 4.69) is 19.9 Å². The van der Waals surface area contributed by atoms with Crippen molar-refractivity contribution >= 4 is 22.2 Å². The van der Waals surface area contributed by atoms with Crippen LogP contribution in [0.4, 0.5) is 0 Å². The molecule has 0 aliphatic carbocycles. The van der Waals surface area contributed by atoms with Crippen LogP contribution in [0.25, 0.3) is 22.2 Å². The molecule has 10 nitrogen and oxygen atoms in total. The van der Waals surface area contributed by atoms with Crippen molar-refractivity contribution in [3.63, 3.8) is 0 Å². The highest BCUT2D eigenvalue weighted by Crippen LogP contribution is 2.21. The summed E-state index contributed by atoms with van der Waals surface area (Å²) in [6.07, 6.45) is 12.7. The SMILES string of the molecule is Cc1cn2c(C3=CCOCC3)ncc2c(=O)[nH]1.Cc1cn2c(C3=CCOCC3)ncc2c(=O)[nH]1. The minimum absolute atomic E-state index is 0.101. The van der Waals surface area contributed by atoms with Crippen LogP contribution in [0.15, 0.2) is 46.5 Å². The van der Waals surface area contributed by atoms with Crippen molar-refractivity contribution in [3.8, 4) is 0 Å². The second-order valence-electron chi connectivity index (χ2n) is 8.32. The summed E-state index contributed by atoms with van der Waals surface area (Å²) in [5, 5.41) is 0. The average molecular weight is 463 g/mol. The van der Waals surface area contributed by atoms with E-state index in [1.165, 1.54) is 0 Å². The van der Waals surface area contributed by atoms with Gasteiger partial charge in [0.2, 0.25) is 0 Å². The predicted molar refractivity (Wildman–Crippen MR) is 128 cm³/mol. The van der Waals surface area contributed by atoms with E-state index in [0.29, 0.717) is 37.5 Å². The number of ether oxygens (including phenoxy) is 2. The molecular weight excluding hydrogens is 436 g/mol. The van der Waals surface area contributed by atoms with Crippen LogP contribution >= 0.6 is 0 Å². The van der Waals surface area contributed by atoms with Gasteiger partial charge < -0.3 is 19.4 Å². The zero-order valence-corrected chi connectivity index (χ0v) is 19.1. The number of aromatic nitrogens is 6. The fraction of sp³-hybridized carbons (Fsp3) is 0.333. The summed E-state index contributed by atoms with van der Waals surface area (Å²) in [6.45, 7) is 6.39. The Kier molecular flexibility index (Phi) is 5.99. The van der Waals surface area contributed by atoms with Gasteiger partial charge in [-0.1, -0.05) is 12.2 Å². The van der Waals surface area contributed by atoms with Crippen LogP contribution in [0.5, 0.6) is 0 Å². The molecule has 2 aliphatic heterocycles. The second kappa shape index (κ2) is 9.24. The van der Waals surface area contributed by atoms with E-state index in [0.717, 1.165) is 47.0 Å². The first kappa shape index (κ1) is 22.1. The summed E-state index contributed by atoms with van der Waals surface area (Å²) in [5.41, 5.74) is 4.90. The van der Waals surface area contributed by atoms with Crippen molar-refractivity contribution < 1.29 is 9.47 Å². The molecule has 4 aromatic rings. The smallest absolute Gasteiger partial charge is 0.274 e. The lowest BCUT2D eigenvalue weighted by Gasteiger charge is -2.12. The maximum atomic E-state index is 11.7.